The summed E-state index contributed by atoms with van der Waals surface area (Å²) in [5.41, 5.74) is 3.86. The summed E-state index contributed by atoms with van der Waals surface area (Å²) in [4.78, 5) is 18.1. The molecular weight excluding hydrogens is 412 g/mol. The molecule has 0 spiro atoms. The number of rotatable bonds is 5. The molecule has 5 rings (SSSR count). The topological polar surface area (TPSA) is 56.9 Å². The van der Waals surface area contributed by atoms with Crippen LogP contribution in [0.3, 0.4) is 0 Å². The lowest BCUT2D eigenvalue weighted by Crippen LogP contribution is -2.45. The van der Waals surface area contributed by atoms with Crippen molar-refractivity contribution in [3.8, 4) is 16.9 Å². The Morgan fingerprint density at radius 1 is 0.818 bits per heavy atom. The third kappa shape index (κ3) is 4.42. The van der Waals surface area contributed by atoms with Crippen LogP contribution in [0.2, 0.25) is 0 Å². The molecule has 3 aromatic carbocycles. The van der Waals surface area contributed by atoms with Crippen LogP contribution >= 0.6 is 0 Å². The van der Waals surface area contributed by atoms with Crippen LogP contribution in [-0.2, 0) is 13.1 Å². The minimum atomic E-state index is -0.0612. The Morgan fingerprint density at radius 2 is 1.42 bits per heavy atom. The molecule has 5 nitrogen and oxygen atoms in total. The van der Waals surface area contributed by atoms with E-state index in [0.29, 0.717) is 34.4 Å². The molecule has 1 N–H and O–H groups in total. The fraction of sp³-hybridized carbons (Fsp3) is 0.250. The summed E-state index contributed by atoms with van der Waals surface area (Å²) in [6, 6.07) is 23.4. The summed E-state index contributed by atoms with van der Waals surface area (Å²) in [6.07, 6.45) is 0. The predicted octanol–water partition coefficient (Wildman–Crippen LogP) is 4.79. The van der Waals surface area contributed by atoms with Crippen LogP contribution in [0.15, 0.2) is 82.0 Å². The number of aromatic hydroxyl groups is 1. The molecule has 0 aliphatic carbocycles. The van der Waals surface area contributed by atoms with Crippen molar-refractivity contribution in [1.29, 1.82) is 0 Å². The zero-order valence-corrected chi connectivity index (χ0v) is 18.8. The Kier molecular flexibility index (Phi) is 5.99. The Bertz CT molecular complexity index is 1310. The Balaban J connectivity index is 1.39. The molecule has 0 unspecified atom stereocenters. The highest BCUT2D eigenvalue weighted by Crippen LogP contribution is 2.31. The molecule has 0 bridgehead atoms. The molecule has 168 valence electrons. The quantitative estimate of drug-likeness (QED) is 0.484. The second-order valence-electron chi connectivity index (χ2n) is 8.71. The van der Waals surface area contributed by atoms with Crippen LogP contribution < -0.4 is 5.43 Å². The van der Waals surface area contributed by atoms with E-state index in [-0.39, 0.29) is 11.2 Å². The van der Waals surface area contributed by atoms with E-state index in [1.165, 1.54) is 5.56 Å². The summed E-state index contributed by atoms with van der Waals surface area (Å²) >= 11 is 0. The number of hydrogen-bond acceptors (Lipinski definition) is 5. The van der Waals surface area contributed by atoms with E-state index in [9.17, 15) is 9.90 Å². The molecule has 0 atom stereocenters. The summed E-state index contributed by atoms with van der Waals surface area (Å²) in [5, 5.41) is 11.2. The third-order valence-corrected chi connectivity index (χ3v) is 6.47. The summed E-state index contributed by atoms with van der Waals surface area (Å²) in [7, 11) is 0. The first-order valence-corrected chi connectivity index (χ1v) is 11.4. The third-order valence-electron chi connectivity index (χ3n) is 6.47. The van der Waals surface area contributed by atoms with E-state index in [0.717, 1.165) is 38.3 Å². The van der Waals surface area contributed by atoms with Crippen molar-refractivity contribution in [2.24, 2.45) is 0 Å². The van der Waals surface area contributed by atoms with Crippen molar-refractivity contribution >= 4 is 11.0 Å². The van der Waals surface area contributed by atoms with Crippen molar-refractivity contribution in [2.45, 2.75) is 20.0 Å². The van der Waals surface area contributed by atoms with Crippen LogP contribution in [0.1, 0.15) is 16.9 Å². The molecule has 2 heterocycles. The second-order valence-corrected chi connectivity index (χ2v) is 8.71. The second kappa shape index (κ2) is 9.22. The normalized spacial score (nSPS) is 15.2. The summed E-state index contributed by atoms with van der Waals surface area (Å²) < 4.78 is 6.18. The molecule has 1 aromatic heterocycles. The van der Waals surface area contributed by atoms with Crippen LogP contribution in [0.4, 0.5) is 0 Å². The number of benzene rings is 3. The zero-order chi connectivity index (χ0) is 22.8. The van der Waals surface area contributed by atoms with Crippen molar-refractivity contribution in [1.82, 2.24) is 9.80 Å². The van der Waals surface area contributed by atoms with Crippen molar-refractivity contribution in [3.63, 3.8) is 0 Å². The van der Waals surface area contributed by atoms with E-state index in [4.69, 9.17) is 4.42 Å². The van der Waals surface area contributed by atoms with E-state index in [1.807, 2.05) is 43.3 Å². The minimum absolute atomic E-state index is 0.0612. The largest absolute Gasteiger partial charge is 0.507 e. The van der Waals surface area contributed by atoms with Gasteiger partial charge in [-0.1, -0.05) is 60.7 Å². The van der Waals surface area contributed by atoms with Gasteiger partial charge in [-0.15, -0.1) is 0 Å². The number of nitrogens with zero attached hydrogens (tertiary/aromatic N) is 2. The lowest BCUT2D eigenvalue weighted by molar-refractivity contribution is 0.121. The van der Waals surface area contributed by atoms with E-state index in [1.54, 1.807) is 12.1 Å². The first kappa shape index (κ1) is 21.4. The molecule has 0 amide bonds. The maximum Gasteiger partial charge on any atom is 0.200 e. The van der Waals surface area contributed by atoms with Gasteiger partial charge in [-0.3, -0.25) is 14.6 Å². The molecule has 1 fully saturated rings. The van der Waals surface area contributed by atoms with Crippen molar-refractivity contribution in [3.05, 3.63) is 99.9 Å². The smallest absolute Gasteiger partial charge is 0.200 e. The highest BCUT2D eigenvalue weighted by Gasteiger charge is 2.22. The van der Waals surface area contributed by atoms with E-state index < -0.39 is 0 Å². The van der Waals surface area contributed by atoms with Crippen LogP contribution in [0.5, 0.6) is 5.75 Å². The van der Waals surface area contributed by atoms with Crippen molar-refractivity contribution < 1.29 is 9.52 Å². The summed E-state index contributed by atoms with van der Waals surface area (Å²) in [5.74, 6) is 0.738. The first-order valence-electron chi connectivity index (χ1n) is 11.4. The fourth-order valence-corrected chi connectivity index (χ4v) is 4.67. The molecular formula is C28H28N2O3. The lowest BCUT2D eigenvalue weighted by atomic mass is 10.0. The highest BCUT2D eigenvalue weighted by atomic mass is 16.3. The molecule has 4 aromatic rings. The monoisotopic (exact) mass is 440 g/mol. The number of fused-ring (bicyclic) bond motifs is 1. The average molecular weight is 441 g/mol. The van der Waals surface area contributed by atoms with Gasteiger partial charge in [0.15, 0.2) is 0 Å². The molecule has 0 radical (unpaired) electrons. The Morgan fingerprint density at radius 3 is 2.09 bits per heavy atom. The van der Waals surface area contributed by atoms with E-state index >= 15 is 0 Å². The minimum Gasteiger partial charge on any atom is -0.507 e. The van der Waals surface area contributed by atoms with Gasteiger partial charge in [0.2, 0.25) is 5.43 Å². The Hall–Kier alpha value is -3.41. The van der Waals surface area contributed by atoms with Gasteiger partial charge in [-0.25, -0.2) is 0 Å². The van der Waals surface area contributed by atoms with Crippen LogP contribution in [-0.4, -0.2) is 41.1 Å². The molecule has 1 saturated heterocycles. The standard InChI is InChI=1S/C28H28N2O3/c1-20-26(22-10-6-3-7-11-22)27(32)23-12-13-25(31)24(28(23)33-20)19-30-16-14-29(15-17-30)18-21-8-4-2-5-9-21/h2-13,31H,14-19H2,1H3. The van der Waals surface area contributed by atoms with Gasteiger partial charge in [-0.05, 0) is 30.2 Å². The van der Waals surface area contributed by atoms with Gasteiger partial charge in [0.05, 0.1) is 16.5 Å². The lowest BCUT2D eigenvalue weighted by Gasteiger charge is -2.34. The summed E-state index contributed by atoms with van der Waals surface area (Å²) in [6.45, 7) is 7.03. The van der Waals surface area contributed by atoms with Gasteiger partial charge in [0.25, 0.3) is 0 Å². The highest BCUT2D eigenvalue weighted by molar-refractivity contribution is 5.86. The van der Waals surface area contributed by atoms with Gasteiger partial charge in [0, 0.05) is 39.3 Å². The number of phenols is 1. The van der Waals surface area contributed by atoms with Crippen molar-refractivity contribution in [2.75, 3.05) is 26.2 Å². The van der Waals surface area contributed by atoms with Gasteiger partial charge >= 0.3 is 0 Å². The van der Waals surface area contributed by atoms with Crippen LogP contribution in [0, 0.1) is 6.92 Å². The molecule has 5 heteroatoms. The molecule has 1 aliphatic heterocycles. The fourth-order valence-electron chi connectivity index (χ4n) is 4.67. The SMILES string of the molecule is Cc1oc2c(CN3CCN(Cc4ccccc4)CC3)c(O)ccc2c(=O)c1-c1ccccc1. The number of piperazine rings is 1. The average Bonchev–Trinajstić information content (AvgIpc) is 2.83. The predicted molar refractivity (Wildman–Crippen MR) is 131 cm³/mol. The maximum absolute atomic E-state index is 13.4. The molecule has 0 saturated carbocycles. The Labute approximate surface area is 193 Å². The maximum atomic E-state index is 13.4. The number of phenolic OH excluding ortho intramolecular Hbond substituents is 1. The zero-order valence-electron chi connectivity index (χ0n) is 18.8. The van der Waals surface area contributed by atoms with Gasteiger partial charge in [0.1, 0.15) is 17.1 Å². The van der Waals surface area contributed by atoms with Gasteiger partial charge < -0.3 is 9.52 Å². The number of hydrogen-bond donors (Lipinski definition) is 1. The van der Waals surface area contributed by atoms with Crippen LogP contribution in [0.25, 0.3) is 22.1 Å². The van der Waals surface area contributed by atoms with E-state index in [2.05, 4.69) is 34.1 Å². The molecule has 33 heavy (non-hydrogen) atoms. The number of aryl methyl sites for hydroxylation is 1. The van der Waals surface area contributed by atoms with Gasteiger partial charge in [-0.2, -0.15) is 0 Å². The molecule has 1 aliphatic rings. The first-order chi connectivity index (χ1) is 16.1.